The summed E-state index contributed by atoms with van der Waals surface area (Å²) in [6, 6.07) is 10.7. The first-order valence-corrected chi connectivity index (χ1v) is 14.7. The molecular weight excluding hydrogens is 554 g/mol. The molecule has 0 spiro atoms. The van der Waals surface area contributed by atoms with Gasteiger partial charge in [0, 0.05) is 25.0 Å². The molecule has 0 radical (unpaired) electrons. The fraction of sp³-hybridized carbons (Fsp3) is 0.286. The van der Waals surface area contributed by atoms with Gasteiger partial charge in [0.05, 0.1) is 11.9 Å². The van der Waals surface area contributed by atoms with Crippen LogP contribution in [-0.4, -0.2) is 58.6 Å². The summed E-state index contributed by atoms with van der Waals surface area (Å²) in [4.78, 5) is 32.5. The molecule has 3 heterocycles. The third-order valence-electron chi connectivity index (χ3n) is 7.17. The number of halogens is 2. The molecule has 4 aromatic rings. The van der Waals surface area contributed by atoms with Crippen molar-refractivity contribution >= 4 is 39.0 Å². The van der Waals surface area contributed by atoms with E-state index in [-0.39, 0.29) is 46.0 Å². The Kier molecular flexibility index (Phi) is 7.72. The van der Waals surface area contributed by atoms with Crippen LogP contribution in [0.2, 0.25) is 0 Å². The number of aryl methyl sites for hydroxylation is 1. The van der Waals surface area contributed by atoms with Crippen LogP contribution in [0.1, 0.15) is 57.5 Å². The highest BCUT2D eigenvalue weighted by Crippen LogP contribution is 2.31. The van der Waals surface area contributed by atoms with Crippen LogP contribution in [0.4, 0.5) is 20.3 Å². The van der Waals surface area contributed by atoms with Crippen molar-refractivity contribution in [3.63, 3.8) is 0 Å². The minimum Gasteiger partial charge on any atom is -0.339 e. The van der Waals surface area contributed by atoms with Gasteiger partial charge < -0.3 is 10.2 Å². The molecular formula is C28H28F2N6O4S. The summed E-state index contributed by atoms with van der Waals surface area (Å²) in [7, 11) is -3.84. The normalized spacial score (nSPS) is 14.3. The van der Waals surface area contributed by atoms with Gasteiger partial charge in [-0.25, -0.2) is 26.9 Å². The number of rotatable bonds is 7. The molecule has 1 saturated heterocycles. The van der Waals surface area contributed by atoms with E-state index in [1.54, 1.807) is 30.0 Å². The molecule has 1 aliphatic heterocycles. The number of hydrogen-bond donors (Lipinski definition) is 2. The van der Waals surface area contributed by atoms with E-state index in [4.69, 9.17) is 0 Å². The Hall–Kier alpha value is -4.39. The number of aromatic nitrogens is 3. The molecule has 2 amide bonds. The van der Waals surface area contributed by atoms with E-state index < -0.39 is 21.7 Å². The van der Waals surface area contributed by atoms with Gasteiger partial charge in [-0.2, -0.15) is 9.61 Å². The lowest BCUT2D eigenvalue weighted by molar-refractivity contribution is 0.0713. The molecule has 1 fully saturated rings. The van der Waals surface area contributed by atoms with Crippen molar-refractivity contribution in [3.05, 3.63) is 88.7 Å². The number of anilines is 2. The molecule has 13 heteroatoms. The summed E-state index contributed by atoms with van der Waals surface area (Å²) in [5.41, 5.74) is 1.96. The van der Waals surface area contributed by atoms with Crippen LogP contribution in [0.25, 0.3) is 5.65 Å². The second-order valence-electron chi connectivity index (χ2n) is 9.86. The van der Waals surface area contributed by atoms with Crippen molar-refractivity contribution < 1.29 is 26.8 Å². The van der Waals surface area contributed by atoms with E-state index in [0.717, 1.165) is 5.56 Å². The molecule has 0 saturated carbocycles. The average Bonchev–Trinajstić information content (AvgIpc) is 3.40. The Bertz CT molecular complexity index is 1730. The Morgan fingerprint density at radius 1 is 1.02 bits per heavy atom. The van der Waals surface area contributed by atoms with Gasteiger partial charge >= 0.3 is 0 Å². The molecule has 2 aromatic carbocycles. The standard InChI is InChI=1S/C28H28F2N6O4S/c1-3-41(39,40)34-27(37)22-16-32-36-25(22)31-15-23(26(36)33-21-8-9-24(30)17(2)14-21)28(38)35-12-10-19(11-13-35)18-4-6-20(29)7-5-18/h4-9,14-16,19,33H,3,10-13H2,1-2H3,(H,34,37). The first-order valence-electron chi connectivity index (χ1n) is 13.1. The van der Waals surface area contributed by atoms with Gasteiger partial charge in [0.15, 0.2) is 5.65 Å². The molecule has 0 unspecified atom stereocenters. The number of sulfonamides is 1. The number of piperidine rings is 1. The van der Waals surface area contributed by atoms with Crippen molar-refractivity contribution in [3.8, 4) is 0 Å². The molecule has 0 bridgehead atoms. The number of amides is 2. The number of hydrogen-bond acceptors (Lipinski definition) is 7. The van der Waals surface area contributed by atoms with Crippen molar-refractivity contribution in [2.45, 2.75) is 32.6 Å². The number of likely N-dealkylation sites (tertiary alicyclic amines) is 1. The second-order valence-corrected chi connectivity index (χ2v) is 11.9. The summed E-state index contributed by atoms with van der Waals surface area (Å²) in [6.45, 7) is 3.91. The van der Waals surface area contributed by atoms with E-state index in [9.17, 15) is 26.8 Å². The van der Waals surface area contributed by atoms with E-state index in [1.807, 2.05) is 4.72 Å². The van der Waals surface area contributed by atoms with Crippen LogP contribution in [0.15, 0.2) is 54.9 Å². The SMILES string of the molecule is CCS(=O)(=O)NC(=O)c1cnn2c(Nc3ccc(F)c(C)c3)c(C(=O)N3CCC(c4ccc(F)cc4)CC3)cnc12. The Balaban J connectivity index is 1.48. The average molecular weight is 583 g/mol. The third-order valence-corrected chi connectivity index (χ3v) is 8.43. The van der Waals surface area contributed by atoms with Crippen molar-refractivity contribution in [2.24, 2.45) is 0 Å². The molecule has 2 aromatic heterocycles. The summed E-state index contributed by atoms with van der Waals surface area (Å²) in [5.74, 6) is -1.85. The number of fused-ring (bicyclic) bond motifs is 1. The Morgan fingerprint density at radius 3 is 2.39 bits per heavy atom. The predicted octanol–water partition coefficient (Wildman–Crippen LogP) is 4.16. The van der Waals surface area contributed by atoms with E-state index >= 15 is 0 Å². The van der Waals surface area contributed by atoms with Gasteiger partial charge in [0.2, 0.25) is 10.0 Å². The van der Waals surface area contributed by atoms with Gasteiger partial charge in [-0.1, -0.05) is 12.1 Å². The first kappa shape index (κ1) is 28.1. The summed E-state index contributed by atoms with van der Waals surface area (Å²) in [6.07, 6.45) is 3.86. The van der Waals surface area contributed by atoms with Crippen LogP contribution in [0.3, 0.4) is 0 Å². The monoisotopic (exact) mass is 582 g/mol. The molecule has 0 atom stereocenters. The maximum Gasteiger partial charge on any atom is 0.270 e. The van der Waals surface area contributed by atoms with Crippen LogP contribution in [0.5, 0.6) is 0 Å². The zero-order chi connectivity index (χ0) is 29.3. The van der Waals surface area contributed by atoms with Gasteiger partial charge in [-0.15, -0.1) is 0 Å². The summed E-state index contributed by atoms with van der Waals surface area (Å²) >= 11 is 0. The Morgan fingerprint density at radius 2 is 1.73 bits per heavy atom. The molecule has 214 valence electrons. The highest BCUT2D eigenvalue weighted by molar-refractivity contribution is 7.90. The smallest absolute Gasteiger partial charge is 0.270 e. The molecule has 0 aliphatic carbocycles. The number of nitrogens with one attached hydrogen (secondary N) is 2. The lowest BCUT2D eigenvalue weighted by Gasteiger charge is -2.32. The fourth-order valence-electron chi connectivity index (χ4n) is 4.82. The number of benzene rings is 2. The quantitative estimate of drug-likeness (QED) is 0.335. The van der Waals surface area contributed by atoms with Crippen molar-refractivity contribution in [1.82, 2.24) is 24.2 Å². The number of nitrogens with zero attached hydrogens (tertiary/aromatic N) is 4. The largest absolute Gasteiger partial charge is 0.339 e. The molecule has 5 rings (SSSR count). The molecule has 2 N–H and O–H groups in total. The van der Waals surface area contributed by atoms with Crippen LogP contribution < -0.4 is 10.0 Å². The molecule has 41 heavy (non-hydrogen) atoms. The zero-order valence-corrected chi connectivity index (χ0v) is 23.2. The molecule has 1 aliphatic rings. The van der Waals surface area contributed by atoms with Crippen molar-refractivity contribution in [1.29, 1.82) is 0 Å². The summed E-state index contributed by atoms with van der Waals surface area (Å²) in [5, 5.41) is 7.36. The fourth-order valence-corrected chi connectivity index (χ4v) is 5.35. The lowest BCUT2D eigenvalue weighted by atomic mass is 9.89. The van der Waals surface area contributed by atoms with E-state index in [0.29, 0.717) is 37.2 Å². The minimum absolute atomic E-state index is 0.0294. The molecule has 10 nitrogen and oxygen atoms in total. The minimum atomic E-state index is -3.84. The lowest BCUT2D eigenvalue weighted by Crippen LogP contribution is -2.38. The number of carbonyl (C=O) groups excluding carboxylic acids is 2. The third kappa shape index (κ3) is 5.89. The van der Waals surface area contributed by atoms with E-state index in [1.165, 1.54) is 48.1 Å². The highest BCUT2D eigenvalue weighted by Gasteiger charge is 2.29. The Labute approximate surface area is 235 Å². The van der Waals surface area contributed by atoms with Crippen LogP contribution >= 0.6 is 0 Å². The van der Waals surface area contributed by atoms with Gasteiger partial charge in [0.25, 0.3) is 11.8 Å². The predicted molar refractivity (Wildman–Crippen MR) is 149 cm³/mol. The van der Waals surface area contributed by atoms with Crippen LogP contribution in [0, 0.1) is 18.6 Å². The maximum atomic E-state index is 13.9. The highest BCUT2D eigenvalue weighted by atomic mass is 32.2. The maximum absolute atomic E-state index is 13.9. The summed E-state index contributed by atoms with van der Waals surface area (Å²) < 4.78 is 54.5. The van der Waals surface area contributed by atoms with Gasteiger partial charge in [-0.05, 0) is 74.1 Å². The first-order chi connectivity index (χ1) is 19.6. The zero-order valence-electron chi connectivity index (χ0n) is 22.4. The second kappa shape index (κ2) is 11.2. The van der Waals surface area contributed by atoms with Gasteiger partial charge in [0.1, 0.15) is 28.6 Å². The topological polar surface area (TPSA) is 126 Å². The van der Waals surface area contributed by atoms with Gasteiger partial charge in [-0.3, -0.25) is 9.59 Å². The number of carbonyl (C=O) groups is 2. The van der Waals surface area contributed by atoms with Crippen LogP contribution in [-0.2, 0) is 10.0 Å². The van der Waals surface area contributed by atoms with Crippen molar-refractivity contribution in [2.75, 3.05) is 24.2 Å². The van der Waals surface area contributed by atoms with E-state index in [2.05, 4.69) is 15.4 Å².